The fourth-order valence-electron chi connectivity index (χ4n) is 4.67. The van der Waals surface area contributed by atoms with E-state index in [1.54, 1.807) is 17.0 Å². The lowest BCUT2D eigenvalue weighted by Gasteiger charge is -2.38. The van der Waals surface area contributed by atoms with Crippen LogP contribution < -0.4 is 20.7 Å². The van der Waals surface area contributed by atoms with Crippen LogP contribution >= 0.6 is 34.7 Å². The number of carbonyl (C=O) groups is 2. The number of anilines is 2. The van der Waals surface area contributed by atoms with E-state index >= 15 is 0 Å². The van der Waals surface area contributed by atoms with E-state index in [9.17, 15) is 14.9 Å². The molecule has 1 unspecified atom stereocenters. The number of hydrogen-bond donors (Lipinski definition) is 2. The first kappa shape index (κ1) is 27.6. The fraction of sp³-hybridized carbons (Fsp3) is 0.259. The predicted molar refractivity (Wildman–Crippen MR) is 154 cm³/mol. The van der Waals surface area contributed by atoms with Crippen LogP contribution in [0.25, 0.3) is 0 Å². The van der Waals surface area contributed by atoms with Gasteiger partial charge in [0.05, 0.1) is 34.9 Å². The number of Topliss-reactive ketones (excluding diaryl/α,β-unsaturated/α-hetero) is 1. The molecule has 204 valence electrons. The number of benzene rings is 1. The topological polar surface area (TPSA) is 147 Å². The molecule has 0 bridgehead atoms. The Hall–Kier alpha value is -3.92. The van der Waals surface area contributed by atoms with Gasteiger partial charge in [0.1, 0.15) is 17.4 Å². The van der Waals surface area contributed by atoms with E-state index in [-0.39, 0.29) is 28.8 Å². The van der Waals surface area contributed by atoms with Gasteiger partial charge in [0.15, 0.2) is 10.1 Å². The minimum absolute atomic E-state index is 0.0167. The van der Waals surface area contributed by atoms with Gasteiger partial charge in [0.2, 0.25) is 11.0 Å². The number of halogens is 1. The number of ether oxygens (including phenoxy) is 1. The second-order valence-corrected chi connectivity index (χ2v) is 11.5. The number of carbonyl (C=O) groups excluding carboxylic acids is 2. The summed E-state index contributed by atoms with van der Waals surface area (Å²) in [6.45, 7) is 2.44. The zero-order valence-electron chi connectivity index (χ0n) is 21.4. The Balaban J connectivity index is 1.41. The summed E-state index contributed by atoms with van der Waals surface area (Å²) >= 11 is 8.28. The van der Waals surface area contributed by atoms with Gasteiger partial charge in [-0.3, -0.25) is 14.5 Å². The highest BCUT2D eigenvalue weighted by molar-refractivity contribution is 8.01. The first-order valence-corrected chi connectivity index (χ1v) is 14.6. The van der Waals surface area contributed by atoms with Crippen molar-refractivity contribution in [1.29, 1.82) is 5.26 Å². The predicted octanol–water partition coefficient (Wildman–Crippen LogP) is 5.02. The van der Waals surface area contributed by atoms with Crippen LogP contribution in [0, 0.1) is 11.3 Å². The monoisotopic (exact) mass is 593 g/mol. The number of nitriles is 1. The molecule has 0 radical (unpaired) electrons. The summed E-state index contributed by atoms with van der Waals surface area (Å²) < 4.78 is 6.10. The molecule has 2 aromatic heterocycles. The molecule has 3 N–H and O–H groups in total. The summed E-state index contributed by atoms with van der Waals surface area (Å²) in [5.74, 6) is 0.548. The van der Waals surface area contributed by atoms with E-state index in [4.69, 9.17) is 22.1 Å². The lowest BCUT2D eigenvalue weighted by atomic mass is 9.76. The minimum Gasteiger partial charge on any atom is -0.494 e. The average Bonchev–Trinajstić information content (AvgIpc) is 3.42. The normalized spacial score (nSPS) is 17.0. The van der Waals surface area contributed by atoms with Crippen molar-refractivity contribution in [2.45, 2.75) is 36.4 Å². The van der Waals surface area contributed by atoms with Gasteiger partial charge in [0.25, 0.3) is 0 Å². The maximum Gasteiger partial charge on any atom is 0.235 e. The van der Waals surface area contributed by atoms with Gasteiger partial charge >= 0.3 is 0 Å². The summed E-state index contributed by atoms with van der Waals surface area (Å²) in [6, 6.07) is 12.9. The Morgan fingerprint density at radius 1 is 1.27 bits per heavy atom. The molecule has 0 saturated heterocycles. The van der Waals surface area contributed by atoms with Crippen molar-refractivity contribution in [2.24, 2.45) is 5.73 Å². The molecule has 1 amide bonds. The largest absolute Gasteiger partial charge is 0.494 e. The number of ketones is 1. The van der Waals surface area contributed by atoms with Crippen molar-refractivity contribution < 1.29 is 14.3 Å². The number of thioether (sulfide) groups is 1. The van der Waals surface area contributed by atoms with Gasteiger partial charge in [-0.15, -0.1) is 10.2 Å². The van der Waals surface area contributed by atoms with Crippen LogP contribution in [0.15, 0.2) is 69.6 Å². The maximum atomic E-state index is 13.3. The van der Waals surface area contributed by atoms with Crippen LogP contribution in [0.2, 0.25) is 5.02 Å². The third-order valence-electron chi connectivity index (χ3n) is 6.35. The van der Waals surface area contributed by atoms with Gasteiger partial charge in [0, 0.05) is 23.9 Å². The highest BCUT2D eigenvalue weighted by Gasteiger charge is 2.41. The van der Waals surface area contributed by atoms with E-state index in [0.717, 1.165) is 11.3 Å². The molecule has 1 aliphatic carbocycles. The van der Waals surface area contributed by atoms with Crippen molar-refractivity contribution in [2.75, 3.05) is 22.6 Å². The van der Waals surface area contributed by atoms with Crippen molar-refractivity contribution in [1.82, 2.24) is 15.2 Å². The molecule has 10 nitrogen and oxygen atoms in total. The summed E-state index contributed by atoms with van der Waals surface area (Å²) in [6.07, 6.45) is 3.12. The fourth-order valence-corrected chi connectivity index (χ4v) is 6.46. The molecule has 13 heteroatoms. The van der Waals surface area contributed by atoms with E-state index < -0.39 is 5.92 Å². The molecule has 3 aromatic rings. The second kappa shape index (κ2) is 12.1. The molecule has 1 atom stereocenters. The van der Waals surface area contributed by atoms with Crippen molar-refractivity contribution in [3.05, 3.63) is 75.8 Å². The molecule has 0 fully saturated rings. The lowest BCUT2D eigenvalue weighted by Crippen LogP contribution is -2.38. The number of nitrogens with one attached hydrogen (secondary N) is 1. The summed E-state index contributed by atoms with van der Waals surface area (Å²) in [5, 5.41) is 22.3. The van der Waals surface area contributed by atoms with E-state index in [2.05, 4.69) is 26.6 Å². The zero-order chi connectivity index (χ0) is 28.2. The van der Waals surface area contributed by atoms with Crippen molar-refractivity contribution >= 4 is 57.3 Å². The van der Waals surface area contributed by atoms with E-state index in [1.807, 2.05) is 31.2 Å². The summed E-state index contributed by atoms with van der Waals surface area (Å²) in [5.41, 5.74) is 8.97. The average molecular weight is 594 g/mol. The van der Waals surface area contributed by atoms with E-state index in [1.165, 1.54) is 29.3 Å². The number of nitrogens with zero attached hydrogens (tertiary/aromatic N) is 5. The first-order valence-electron chi connectivity index (χ1n) is 12.5. The van der Waals surface area contributed by atoms with Crippen LogP contribution in [-0.4, -0.2) is 39.2 Å². The Morgan fingerprint density at radius 3 is 2.77 bits per heavy atom. The SMILES string of the molecule is CCOc1ccc(C2C(C#N)=C(N)N(c3nnc(SCC(=O)Nc4ccc(Cl)cn4)s3)C3=C2C(=O)CCC3)cc1. The van der Waals surface area contributed by atoms with Gasteiger partial charge in [-0.25, -0.2) is 4.98 Å². The molecule has 1 aromatic carbocycles. The Kier molecular flexibility index (Phi) is 8.35. The highest BCUT2D eigenvalue weighted by atomic mass is 35.5. The zero-order valence-corrected chi connectivity index (χ0v) is 23.8. The molecule has 0 saturated carbocycles. The van der Waals surface area contributed by atoms with Gasteiger partial charge in [-0.1, -0.05) is 46.8 Å². The van der Waals surface area contributed by atoms with Crippen LogP contribution in [0.3, 0.4) is 0 Å². The molecule has 0 spiro atoms. The molecule has 1 aliphatic heterocycles. The summed E-state index contributed by atoms with van der Waals surface area (Å²) in [7, 11) is 0. The minimum atomic E-state index is -0.577. The van der Waals surface area contributed by atoms with Crippen LogP contribution in [0.5, 0.6) is 5.75 Å². The maximum absolute atomic E-state index is 13.3. The number of aromatic nitrogens is 3. The van der Waals surface area contributed by atoms with Crippen LogP contribution in [0.1, 0.15) is 37.7 Å². The lowest BCUT2D eigenvalue weighted by molar-refractivity contribution is -0.116. The van der Waals surface area contributed by atoms with Crippen LogP contribution in [-0.2, 0) is 9.59 Å². The molecule has 40 heavy (non-hydrogen) atoms. The molecule has 3 heterocycles. The molecule has 5 rings (SSSR count). The van der Waals surface area contributed by atoms with Gasteiger partial charge < -0.3 is 15.8 Å². The van der Waals surface area contributed by atoms with E-state index in [0.29, 0.717) is 57.5 Å². The van der Waals surface area contributed by atoms with Crippen LogP contribution in [0.4, 0.5) is 10.9 Å². The van der Waals surface area contributed by atoms with Crippen molar-refractivity contribution in [3.63, 3.8) is 0 Å². The Bertz CT molecular complexity index is 1550. The number of pyridine rings is 1. The summed E-state index contributed by atoms with van der Waals surface area (Å²) in [4.78, 5) is 31.4. The smallest absolute Gasteiger partial charge is 0.235 e. The quantitative estimate of drug-likeness (QED) is 0.341. The number of nitrogens with two attached hydrogens (primary N) is 1. The number of amides is 1. The van der Waals surface area contributed by atoms with Gasteiger partial charge in [-0.05, 0) is 49.6 Å². The number of hydrogen-bond acceptors (Lipinski definition) is 11. The van der Waals surface area contributed by atoms with Gasteiger partial charge in [-0.2, -0.15) is 5.26 Å². The second-order valence-electron chi connectivity index (χ2n) is 8.87. The Morgan fingerprint density at radius 2 is 2.08 bits per heavy atom. The van der Waals surface area contributed by atoms with Crippen molar-refractivity contribution in [3.8, 4) is 11.8 Å². The third-order valence-corrected chi connectivity index (χ3v) is 8.61. The number of allylic oxidation sites excluding steroid dienone is 3. The Labute approximate surface area is 243 Å². The standard InChI is InChI=1S/C27H24ClN7O3S2/c1-2-38-17-9-6-15(7-10-17)23-18(12-29)25(30)35(19-4-3-5-20(36)24(19)23)26-33-34-27(40-26)39-14-22(37)32-21-11-8-16(28)13-31-21/h6-11,13,23H,2-5,14,30H2,1H3,(H,31,32,37). The molecule has 2 aliphatic rings. The molecular formula is C27H24ClN7O3S2. The molecular weight excluding hydrogens is 570 g/mol. The third kappa shape index (κ3) is 5.67. The highest BCUT2D eigenvalue weighted by Crippen LogP contribution is 2.47. The first-order chi connectivity index (χ1) is 19.4. The number of rotatable bonds is 8.